The van der Waals surface area contributed by atoms with Crippen LogP contribution in [0.25, 0.3) is 0 Å². The molecule has 1 amide bonds. The number of hydrogen-bond donors (Lipinski definition) is 2. The zero-order valence-corrected chi connectivity index (χ0v) is 9.47. The van der Waals surface area contributed by atoms with Crippen LogP contribution in [0, 0.1) is 6.92 Å². The fourth-order valence-corrected chi connectivity index (χ4v) is 1.42. The summed E-state index contributed by atoms with van der Waals surface area (Å²) in [5, 5.41) is 11.3. The molecule has 4 heteroatoms. The van der Waals surface area contributed by atoms with Crippen LogP contribution in [0.5, 0.6) is 0 Å². The molecule has 76 valence electrons. The van der Waals surface area contributed by atoms with Crippen LogP contribution in [0.4, 0.5) is 5.69 Å². The molecular formula is C10H12BrNO2. The average molecular weight is 258 g/mol. The van der Waals surface area contributed by atoms with Gasteiger partial charge in [0.2, 0.25) is 5.91 Å². The molecule has 0 fully saturated rings. The quantitative estimate of drug-likeness (QED) is 0.872. The van der Waals surface area contributed by atoms with Gasteiger partial charge in [0, 0.05) is 10.2 Å². The number of nitrogens with one attached hydrogen (secondary N) is 1. The molecule has 3 nitrogen and oxygen atoms in total. The van der Waals surface area contributed by atoms with E-state index in [1.807, 2.05) is 25.1 Å². The van der Waals surface area contributed by atoms with Crippen LogP contribution in [0.15, 0.2) is 22.7 Å². The molecule has 0 unspecified atom stereocenters. The Morgan fingerprint density at radius 3 is 2.93 bits per heavy atom. The molecule has 0 aliphatic heterocycles. The second kappa shape index (κ2) is 5.12. The van der Waals surface area contributed by atoms with Crippen molar-refractivity contribution >= 4 is 27.5 Å². The van der Waals surface area contributed by atoms with E-state index < -0.39 is 0 Å². The number of hydrogen-bond acceptors (Lipinski definition) is 2. The summed E-state index contributed by atoms with van der Waals surface area (Å²) in [7, 11) is 0. The maximum Gasteiger partial charge on any atom is 0.226 e. The number of halogens is 1. The zero-order chi connectivity index (χ0) is 10.6. The smallest absolute Gasteiger partial charge is 0.226 e. The van der Waals surface area contributed by atoms with E-state index >= 15 is 0 Å². The topological polar surface area (TPSA) is 49.3 Å². The normalized spacial score (nSPS) is 9.93. The molecule has 1 aromatic rings. The highest BCUT2D eigenvalue weighted by molar-refractivity contribution is 9.10. The van der Waals surface area contributed by atoms with Crippen LogP contribution in [0.1, 0.15) is 12.0 Å². The standard InChI is InChI=1S/C10H12BrNO2/c1-7-8(11)3-2-4-9(7)12-10(14)5-6-13/h2-4,13H,5-6H2,1H3,(H,12,14). The van der Waals surface area contributed by atoms with E-state index in [9.17, 15) is 4.79 Å². The summed E-state index contributed by atoms with van der Waals surface area (Å²) in [5.41, 5.74) is 1.76. The lowest BCUT2D eigenvalue weighted by atomic mass is 10.2. The molecule has 0 atom stereocenters. The summed E-state index contributed by atoms with van der Waals surface area (Å²) in [6.07, 6.45) is 0.131. The number of anilines is 1. The first-order chi connectivity index (χ1) is 6.65. The van der Waals surface area contributed by atoms with Gasteiger partial charge in [-0.2, -0.15) is 0 Å². The Bertz CT molecular complexity index is 339. The predicted octanol–water partition coefficient (Wildman–Crippen LogP) is 2.08. The first kappa shape index (κ1) is 11.2. The van der Waals surface area contributed by atoms with Crippen molar-refractivity contribution in [1.82, 2.24) is 0 Å². The summed E-state index contributed by atoms with van der Waals surface area (Å²) >= 11 is 3.37. The van der Waals surface area contributed by atoms with Crippen molar-refractivity contribution in [3.63, 3.8) is 0 Å². The van der Waals surface area contributed by atoms with Crippen molar-refractivity contribution in [2.75, 3.05) is 11.9 Å². The molecule has 0 saturated carbocycles. The molecule has 2 N–H and O–H groups in total. The monoisotopic (exact) mass is 257 g/mol. The largest absolute Gasteiger partial charge is 0.396 e. The van der Waals surface area contributed by atoms with Crippen LogP contribution >= 0.6 is 15.9 Å². The van der Waals surface area contributed by atoms with Gasteiger partial charge in [0.25, 0.3) is 0 Å². The number of amides is 1. The van der Waals surface area contributed by atoms with Gasteiger partial charge < -0.3 is 10.4 Å². The molecule has 14 heavy (non-hydrogen) atoms. The number of carbonyl (C=O) groups excluding carboxylic acids is 1. The van der Waals surface area contributed by atoms with E-state index in [2.05, 4.69) is 21.2 Å². The average Bonchev–Trinajstić information content (AvgIpc) is 2.13. The van der Waals surface area contributed by atoms with Gasteiger partial charge in [-0.25, -0.2) is 0 Å². The molecule has 1 rings (SSSR count). The Balaban J connectivity index is 2.76. The number of aliphatic hydroxyl groups is 1. The van der Waals surface area contributed by atoms with E-state index in [-0.39, 0.29) is 18.9 Å². The van der Waals surface area contributed by atoms with Crippen LogP contribution in [-0.2, 0) is 4.79 Å². The summed E-state index contributed by atoms with van der Waals surface area (Å²) in [6, 6.07) is 5.60. The minimum Gasteiger partial charge on any atom is -0.396 e. The van der Waals surface area contributed by atoms with Gasteiger partial charge in [0.05, 0.1) is 13.0 Å². The van der Waals surface area contributed by atoms with Gasteiger partial charge in [-0.15, -0.1) is 0 Å². The lowest BCUT2D eigenvalue weighted by molar-refractivity contribution is -0.116. The number of carbonyl (C=O) groups is 1. The highest BCUT2D eigenvalue weighted by Crippen LogP contribution is 2.23. The van der Waals surface area contributed by atoms with Crippen LogP contribution in [-0.4, -0.2) is 17.6 Å². The van der Waals surface area contributed by atoms with Crippen LogP contribution in [0.2, 0.25) is 0 Å². The summed E-state index contributed by atoms with van der Waals surface area (Å²) in [6.45, 7) is 1.79. The molecular weight excluding hydrogens is 246 g/mol. The Morgan fingerprint density at radius 1 is 1.57 bits per heavy atom. The molecule has 0 heterocycles. The van der Waals surface area contributed by atoms with Gasteiger partial charge in [0.15, 0.2) is 0 Å². The molecule has 0 aromatic heterocycles. The van der Waals surface area contributed by atoms with Crippen LogP contribution in [0.3, 0.4) is 0 Å². The molecule has 0 aliphatic carbocycles. The summed E-state index contributed by atoms with van der Waals surface area (Å²) < 4.78 is 0.958. The highest BCUT2D eigenvalue weighted by Gasteiger charge is 2.05. The predicted molar refractivity (Wildman–Crippen MR) is 59.2 cm³/mol. The van der Waals surface area contributed by atoms with Gasteiger partial charge in [-0.3, -0.25) is 4.79 Å². The minimum absolute atomic E-state index is 0.126. The molecule has 0 bridgehead atoms. The Hall–Kier alpha value is -0.870. The van der Waals surface area contributed by atoms with Crippen molar-refractivity contribution in [2.24, 2.45) is 0 Å². The molecule has 1 aromatic carbocycles. The third-order valence-electron chi connectivity index (χ3n) is 1.88. The van der Waals surface area contributed by atoms with Crippen molar-refractivity contribution in [3.05, 3.63) is 28.2 Å². The number of rotatable bonds is 3. The van der Waals surface area contributed by atoms with Crippen molar-refractivity contribution in [1.29, 1.82) is 0 Å². The SMILES string of the molecule is Cc1c(Br)cccc1NC(=O)CCO. The summed E-state index contributed by atoms with van der Waals surface area (Å²) in [4.78, 5) is 11.2. The minimum atomic E-state index is -0.172. The first-order valence-corrected chi connectivity index (χ1v) is 5.10. The number of aliphatic hydroxyl groups excluding tert-OH is 1. The van der Waals surface area contributed by atoms with E-state index in [0.29, 0.717) is 0 Å². The lowest BCUT2D eigenvalue weighted by Gasteiger charge is -2.08. The maximum atomic E-state index is 11.2. The molecule has 0 radical (unpaired) electrons. The maximum absolute atomic E-state index is 11.2. The second-order valence-electron chi connectivity index (χ2n) is 2.93. The Labute approximate surface area is 91.3 Å². The van der Waals surface area contributed by atoms with Crippen molar-refractivity contribution in [3.8, 4) is 0 Å². The Morgan fingerprint density at radius 2 is 2.29 bits per heavy atom. The van der Waals surface area contributed by atoms with Crippen LogP contribution < -0.4 is 5.32 Å². The molecule has 0 spiro atoms. The summed E-state index contributed by atoms with van der Waals surface area (Å²) in [5.74, 6) is -0.172. The van der Waals surface area contributed by atoms with Crippen molar-refractivity contribution < 1.29 is 9.90 Å². The third kappa shape index (κ3) is 2.82. The molecule has 0 aliphatic rings. The van der Waals surface area contributed by atoms with Gasteiger partial charge in [-0.05, 0) is 24.6 Å². The van der Waals surface area contributed by atoms with Gasteiger partial charge in [-0.1, -0.05) is 22.0 Å². The second-order valence-corrected chi connectivity index (χ2v) is 3.79. The lowest BCUT2D eigenvalue weighted by Crippen LogP contribution is -2.13. The van der Waals surface area contributed by atoms with E-state index in [1.165, 1.54) is 0 Å². The highest BCUT2D eigenvalue weighted by atomic mass is 79.9. The number of benzene rings is 1. The molecule has 0 saturated heterocycles. The van der Waals surface area contributed by atoms with Gasteiger partial charge in [0.1, 0.15) is 0 Å². The fraction of sp³-hybridized carbons (Fsp3) is 0.300. The van der Waals surface area contributed by atoms with E-state index in [1.54, 1.807) is 0 Å². The third-order valence-corrected chi connectivity index (χ3v) is 2.74. The fourth-order valence-electron chi connectivity index (χ4n) is 1.06. The van der Waals surface area contributed by atoms with E-state index in [0.717, 1.165) is 15.7 Å². The van der Waals surface area contributed by atoms with E-state index in [4.69, 9.17) is 5.11 Å². The first-order valence-electron chi connectivity index (χ1n) is 4.31. The van der Waals surface area contributed by atoms with Gasteiger partial charge >= 0.3 is 0 Å². The zero-order valence-electron chi connectivity index (χ0n) is 7.88. The Kier molecular flexibility index (Phi) is 4.10. The van der Waals surface area contributed by atoms with Crippen molar-refractivity contribution in [2.45, 2.75) is 13.3 Å².